The average Bonchev–Trinajstić information content (AvgIpc) is 2.51. The zero-order valence-corrected chi connectivity index (χ0v) is 10.2. The van der Waals surface area contributed by atoms with Crippen molar-refractivity contribution in [2.45, 2.75) is 38.6 Å². The van der Waals surface area contributed by atoms with Gasteiger partial charge in [-0.05, 0) is 19.4 Å². The summed E-state index contributed by atoms with van der Waals surface area (Å²) in [7, 11) is 0. The van der Waals surface area contributed by atoms with E-state index in [0.29, 0.717) is 0 Å². The van der Waals surface area contributed by atoms with Crippen LogP contribution in [-0.2, 0) is 9.59 Å². The Morgan fingerprint density at radius 3 is 2.71 bits per heavy atom. The standard InChI is InChI=1S/C11H21N3O3/c1-9(16)12-13-11(17)7-14-6-4-2-3-5-10(14)8-15/h10,15H,2-8H2,1H3,(H,12,16)(H,13,17). The molecule has 1 rings (SSSR count). The van der Waals surface area contributed by atoms with Crippen molar-refractivity contribution in [2.24, 2.45) is 0 Å². The van der Waals surface area contributed by atoms with Gasteiger partial charge in [0.05, 0.1) is 13.2 Å². The molecule has 6 nitrogen and oxygen atoms in total. The molecule has 1 aliphatic rings. The highest BCUT2D eigenvalue weighted by molar-refractivity contribution is 5.81. The van der Waals surface area contributed by atoms with Crippen molar-refractivity contribution in [2.75, 3.05) is 19.7 Å². The summed E-state index contributed by atoms with van der Waals surface area (Å²) in [6, 6.07) is 0.0561. The predicted molar refractivity (Wildman–Crippen MR) is 62.9 cm³/mol. The maximum absolute atomic E-state index is 11.5. The number of nitrogens with one attached hydrogen (secondary N) is 2. The second kappa shape index (κ2) is 7.24. The summed E-state index contributed by atoms with van der Waals surface area (Å²) in [4.78, 5) is 24.2. The zero-order valence-electron chi connectivity index (χ0n) is 10.2. The summed E-state index contributed by atoms with van der Waals surface area (Å²) in [5, 5.41) is 9.27. The second-order valence-electron chi connectivity index (χ2n) is 4.39. The van der Waals surface area contributed by atoms with Crippen LogP contribution < -0.4 is 10.9 Å². The Bertz CT molecular complexity index is 271. The summed E-state index contributed by atoms with van der Waals surface area (Å²) in [6.07, 6.45) is 4.20. The van der Waals surface area contributed by atoms with Gasteiger partial charge in [-0.2, -0.15) is 0 Å². The van der Waals surface area contributed by atoms with Gasteiger partial charge in [0.25, 0.3) is 5.91 Å². The Labute approximate surface area is 101 Å². The minimum Gasteiger partial charge on any atom is -0.395 e. The molecule has 98 valence electrons. The minimum absolute atomic E-state index is 0.0561. The lowest BCUT2D eigenvalue weighted by molar-refractivity contribution is -0.129. The Morgan fingerprint density at radius 2 is 2.06 bits per heavy atom. The molecule has 6 heteroatoms. The third-order valence-electron chi connectivity index (χ3n) is 2.93. The van der Waals surface area contributed by atoms with E-state index in [9.17, 15) is 14.7 Å². The van der Waals surface area contributed by atoms with Gasteiger partial charge >= 0.3 is 0 Å². The second-order valence-corrected chi connectivity index (χ2v) is 4.39. The molecule has 0 spiro atoms. The molecule has 0 aromatic carbocycles. The maximum Gasteiger partial charge on any atom is 0.252 e. The molecule has 0 aromatic rings. The molecule has 1 fully saturated rings. The SMILES string of the molecule is CC(=O)NNC(=O)CN1CCCCCC1CO. The lowest BCUT2D eigenvalue weighted by Crippen LogP contribution is -2.48. The van der Waals surface area contributed by atoms with Crippen LogP contribution in [0.1, 0.15) is 32.6 Å². The highest BCUT2D eigenvalue weighted by Gasteiger charge is 2.22. The highest BCUT2D eigenvalue weighted by atomic mass is 16.3. The zero-order chi connectivity index (χ0) is 12.7. The fraction of sp³-hybridized carbons (Fsp3) is 0.818. The molecule has 0 aromatic heterocycles. The van der Waals surface area contributed by atoms with Gasteiger partial charge < -0.3 is 5.11 Å². The number of carbonyl (C=O) groups is 2. The molecule has 1 aliphatic heterocycles. The number of hydrogen-bond acceptors (Lipinski definition) is 4. The minimum atomic E-state index is -0.298. The first kappa shape index (κ1) is 13.9. The average molecular weight is 243 g/mol. The van der Waals surface area contributed by atoms with Gasteiger partial charge in [0.15, 0.2) is 0 Å². The summed E-state index contributed by atoms with van der Waals surface area (Å²) >= 11 is 0. The maximum atomic E-state index is 11.5. The van der Waals surface area contributed by atoms with Crippen LogP contribution in [-0.4, -0.2) is 47.6 Å². The summed E-state index contributed by atoms with van der Waals surface area (Å²) < 4.78 is 0. The van der Waals surface area contributed by atoms with Crippen LogP contribution in [0.5, 0.6) is 0 Å². The van der Waals surface area contributed by atoms with Gasteiger partial charge in [-0.1, -0.05) is 12.8 Å². The summed E-state index contributed by atoms with van der Waals surface area (Å²) in [6.45, 7) is 2.44. The molecule has 1 atom stereocenters. The van der Waals surface area contributed by atoms with E-state index in [4.69, 9.17) is 0 Å². The van der Waals surface area contributed by atoms with Crippen LogP contribution in [0.25, 0.3) is 0 Å². The van der Waals surface area contributed by atoms with Crippen molar-refractivity contribution < 1.29 is 14.7 Å². The largest absolute Gasteiger partial charge is 0.395 e. The van der Waals surface area contributed by atoms with E-state index in [-0.39, 0.29) is 31.0 Å². The van der Waals surface area contributed by atoms with Crippen LogP contribution in [0, 0.1) is 0 Å². The van der Waals surface area contributed by atoms with Gasteiger partial charge in [-0.15, -0.1) is 0 Å². The molecule has 1 saturated heterocycles. The monoisotopic (exact) mass is 243 g/mol. The van der Waals surface area contributed by atoms with E-state index in [1.54, 1.807) is 0 Å². The molecule has 0 radical (unpaired) electrons. The summed E-state index contributed by atoms with van der Waals surface area (Å²) in [5.41, 5.74) is 4.59. The van der Waals surface area contributed by atoms with E-state index in [0.717, 1.165) is 32.2 Å². The number of aliphatic hydroxyl groups is 1. The predicted octanol–water partition coefficient (Wildman–Crippen LogP) is -0.609. The Kier molecular flexibility index (Phi) is 5.93. The Balaban J connectivity index is 2.40. The third-order valence-corrected chi connectivity index (χ3v) is 2.93. The summed E-state index contributed by atoms with van der Waals surface area (Å²) in [5.74, 6) is -0.548. The van der Waals surface area contributed by atoms with Gasteiger partial charge in [0, 0.05) is 13.0 Å². The normalized spacial score (nSPS) is 21.6. The number of hydrogen-bond donors (Lipinski definition) is 3. The van der Waals surface area contributed by atoms with Crippen LogP contribution in [0.15, 0.2) is 0 Å². The smallest absolute Gasteiger partial charge is 0.252 e. The molecule has 0 bridgehead atoms. The van der Waals surface area contributed by atoms with E-state index in [1.807, 2.05) is 4.90 Å². The van der Waals surface area contributed by atoms with Crippen LogP contribution in [0.4, 0.5) is 0 Å². The van der Waals surface area contributed by atoms with Crippen molar-refractivity contribution in [3.05, 3.63) is 0 Å². The van der Waals surface area contributed by atoms with Crippen LogP contribution in [0.3, 0.4) is 0 Å². The van der Waals surface area contributed by atoms with Crippen molar-refractivity contribution >= 4 is 11.8 Å². The van der Waals surface area contributed by atoms with Gasteiger partial charge in [0.2, 0.25) is 5.91 Å². The molecule has 1 unspecified atom stereocenters. The lowest BCUT2D eigenvalue weighted by Gasteiger charge is -2.27. The third kappa shape index (κ3) is 5.14. The number of likely N-dealkylation sites (tertiary alicyclic amines) is 1. The lowest BCUT2D eigenvalue weighted by atomic mass is 10.1. The van der Waals surface area contributed by atoms with Crippen LogP contribution in [0.2, 0.25) is 0 Å². The van der Waals surface area contributed by atoms with Crippen molar-refractivity contribution in [1.29, 1.82) is 0 Å². The quantitative estimate of drug-likeness (QED) is 0.578. The molecule has 0 aliphatic carbocycles. The van der Waals surface area contributed by atoms with E-state index < -0.39 is 0 Å². The molecular weight excluding hydrogens is 222 g/mol. The van der Waals surface area contributed by atoms with Gasteiger partial charge in [0.1, 0.15) is 0 Å². The number of rotatable bonds is 3. The molecule has 0 saturated carbocycles. The van der Waals surface area contributed by atoms with E-state index in [2.05, 4.69) is 10.9 Å². The molecule has 1 heterocycles. The van der Waals surface area contributed by atoms with Crippen molar-refractivity contribution in [3.8, 4) is 0 Å². The topological polar surface area (TPSA) is 81.7 Å². The van der Waals surface area contributed by atoms with Gasteiger partial charge in [-0.25, -0.2) is 0 Å². The highest BCUT2D eigenvalue weighted by Crippen LogP contribution is 2.15. The van der Waals surface area contributed by atoms with Gasteiger partial charge in [-0.3, -0.25) is 25.3 Å². The Hall–Kier alpha value is -1.14. The number of amides is 2. The van der Waals surface area contributed by atoms with E-state index in [1.165, 1.54) is 6.92 Å². The molecular formula is C11H21N3O3. The van der Waals surface area contributed by atoms with E-state index >= 15 is 0 Å². The first-order chi connectivity index (χ1) is 8.13. The number of carbonyl (C=O) groups excluding carboxylic acids is 2. The molecule has 2 amide bonds. The first-order valence-corrected chi connectivity index (χ1v) is 6.04. The van der Waals surface area contributed by atoms with Crippen molar-refractivity contribution in [3.63, 3.8) is 0 Å². The number of aliphatic hydroxyl groups excluding tert-OH is 1. The molecule has 3 N–H and O–H groups in total. The van der Waals surface area contributed by atoms with Crippen LogP contribution >= 0.6 is 0 Å². The number of hydrazine groups is 1. The molecule has 17 heavy (non-hydrogen) atoms. The fourth-order valence-corrected chi connectivity index (χ4v) is 2.03. The van der Waals surface area contributed by atoms with Crippen molar-refractivity contribution in [1.82, 2.24) is 15.8 Å². The first-order valence-electron chi connectivity index (χ1n) is 6.04. The number of nitrogens with zero attached hydrogens (tertiary/aromatic N) is 1. The fourth-order valence-electron chi connectivity index (χ4n) is 2.03. The Morgan fingerprint density at radius 1 is 1.29 bits per heavy atom.